The van der Waals surface area contributed by atoms with Crippen LogP contribution in [0.4, 0.5) is 0 Å². The van der Waals surface area contributed by atoms with E-state index >= 15 is 0 Å². The molecule has 4 heteroatoms. The van der Waals surface area contributed by atoms with Crippen molar-refractivity contribution in [3.05, 3.63) is 51.1 Å². The lowest BCUT2D eigenvalue weighted by Gasteiger charge is -2.06. The largest absolute Gasteiger partial charge is 0.497 e. The molecule has 1 heterocycles. The maximum absolute atomic E-state index is 12.5. The van der Waals surface area contributed by atoms with Gasteiger partial charge in [0.2, 0.25) is 5.43 Å². The molecule has 0 N–H and O–H groups in total. The summed E-state index contributed by atoms with van der Waals surface area (Å²) in [5, 5.41) is 1.29. The van der Waals surface area contributed by atoms with Gasteiger partial charge in [0, 0.05) is 0 Å². The van der Waals surface area contributed by atoms with Crippen LogP contribution >= 0.6 is 11.6 Å². The van der Waals surface area contributed by atoms with Crippen molar-refractivity contribution < 1.29 is 9.15 Å². The second-order valence-electron chi connectivity index (χ2n) is 4.36. The summed E-state index contributed by atoms with van der Waals surface area (Å²) in [4.78, 5) is 12.5. The third kappa shape index (κ3) is 1.78. The van der Waals surface area contributed by atoms with Gasteiger partial charge in [-0.2, -0.15) is 0 Å². The van der Waals surface area contributed by atoms with Crippen LogP contribution in [0.15, 0.2) is 39.5 Å². The fourth-order valence-electron chi connectivity index (χ4n) is 2.15. The number of benzene rings is 2. The van der Waals surface area contributed by atoms with Gasteiger partial charge in [-0.05, 0) is 36.8 Å². The molecule has 1 aromatic heterocycles. The predicted molar refractivity (Wildman–Crippen MR) is 76.3 cm³/mol. The van der Waals surface area contributed by atoms with Crippen LogP contribution in [-0.2, 0) is 0 Å². The molecular formula is C15H11ClO3. The highest BCUT2D eigenvalue weighted by molar-refractivity contribution is 6.35. The molecule has 3 nitrogen and oxygen atoms in total. The highest BCUT2D eigenvalue weighted by Crippen LogP contribution is 2.28. The summed E-state index contributed by atoms with van der Waals surface area (Å²) in [7, 11) is 1.56. The topological polar surface area (TPSA) is 39.4 Å². The number of aryl methyl sites for hydroxylation is 1. The van der Waals surface area contributed by atoms with Gasteiger partial charge in [-0.15, -0.1) is 0 Å². The van der Waals surface area contributed by atoms with Crippen molar-refractivity contribution in [2.45, 2.75) is 6.92 Å². The number of halogens is 1. The highest BCUT2D eigenvalue weighted by Gasteiger charge is 2.13. The van der Waals surface area contributed by atoms with E-state index < -0.39 is 0 Å². The zero-order valence-corrected chi connectivity index (χ0v) is 11.2. The minimum absolute atomic E-state index is 0.135. The molecule has 0 saturated carbocycles. The van der Waals surface area contributed by atoms with E-state index in [-0.39, 0.29) is 5.43 Å². The summed E-state index contributed by atoms with van der Waals surface area (Å²) in [5.74, 6) is 0.614. The Labute approximate surface area is 114 Å². The van der Waals surface area contributed by atoms with E-state index in [1.807, 2.05) is 13.0 Å². The van der Waals surface area contributed by atoms with Crippen molar-refractivity contribution in [3.8, 4) is 5.75 Å². The molecular weight excluding hydrogens is 264 g/mol. The van der Waals surface area contributed by atoms with Crippen LogP contribution in [0.1, 0.15) is 5.56 Å². The molecule has 0 atom stereocenters. The lowest BCUT2D eigenvalue weighted by Crippen LogP contribution is -2.03. The van der Waals surface area contributed by atoms with Crippen molar-refractivity contribution >= 4 is 33.5 Å². The van der Waals surface area contributed by atoms with Gasteiger partial charge < -0.3 is 9.15 Å². The fraction of sp³-hybridized carbons (Fsp3) is 0.133. The molecule has 0 aliphatic heterocycles. The van der Waals surface area contributed by atoms with Gasteiger partial charge >= 0.3 is 0 Å². The predicted octanol–water partition coefficient (Wildman–Crippen LogP) is 3.92. The number of hydrogen-bond acceptors (Lipinski definition) is 3. The van der Waals surface area contributed by atoms with Crippen LogP contribution < -0.4 is 10.2 Å². The lowest BCUT2D eigenvalue weighted by atomic mass is 10.1. The summed E-state index contributed by atoms with van der Waals surface area (Å²) in [6, 6.07) is 8.71. The van der Waals surface area contributed by atoms with Gasteiger partial charge in [-0.25, -0.2) is 0 Å². The average Bonchev–Trinajstić information content (AvgIpc) is 2.42. The average molecular weight is 275 g/mol. The molecule has 96 valence electrons. The number of rotatable bonds is 1. The zero-order valence-electron chi connectivity index (χ0n) is 10.5. The van der Waals surface area contributed by atoms with Crippen molar-refractivity contribution in [2.75, 3.05) is 7.11 Å². The quantitative estimate of drug-likeness (QED) is 0.632. The molecule has 3 aromatic rings. The second kappa shape index (κ2) is 4.28. The van der Waals surface area contributed by atoms with Crippen LogP contribution in [-0.4, -0.2) is 7.11 Å². The Kier molecular flexibility index (Phi) is 2.72. The maximum Gasteiger partial charge on any atom is 0.202 e. The third-order valence-corrected chi connectivity index (χ3v) is 3.49. The fourth-order valence-corrected chi connectivity index (χ4v) is 2.39. The highest BCUT2D eigenvalue weighted by atomic mass is 35.5. The van der Waals surface area contributed by atoms with E-state index in [0.717, 1.165) is 5.56 Å². The van der Waals surface area contributed by atoms with Crippen molar-refractivity contribution in [1.29, 1.82) is 0 Å². The van der Waals surface area contributed by atoms with E-state index in [1.165, 1.54) is 0 Å². The number of hydrogen-bond donors (Lipinski definition) is 0. The number of ether oxygens (including phenoxy) is 1. The van der Waals surface area contributed by atoms with Crippen LogP contribution in [0.2, 0.25) is 5.02 Å². The molecule has 0 amide bonds. The van der Waals surface area contributed by atoms with Crippen LogP contribution in [0.3, 0.4) is 0 Å². The molecule has 0 aliphatic rings. The van der Waals surface area contributed by atoms with E-state index in [9.17, 15) is 4.79 Å². The van der Waals surface area contributed by atoms with Gasteiger partial charge in [0.1, 0.15) is 16.9 Å². The molecule has 3 rings (SSSR count). The van der Waals surface area contributed by atoms with Crippen LogP contribution in [0.5, 0.6) is 5.75 Å². The first-order chi connectivity index (χ1) is 9.11. The van der Waals surface area contributed by atoms with E-state index in [1.54, 1.807) is 31.4 Å². The SMILES string of the molecule is COc1ccc2oc3c(C)ccc(Cl)c3c(=O)c2c1. The van der Waals surface area contributed by atoms with Gasteiger partial charge in [-0.1, -0.05) is 17.7 Å². The summed E-state index contributed by atoms with van der Waals surface area (Å²) in [5.41, 5.74) is 1.82. The standard InChI is InChI=1S/C15H11ClO3/c1-8-3-5-11(16)13-14(17)10-7-9(18-2)4-6-12(10)19-15(8)13/h3-7H,1-2H3. The first kappa shape index (κ1) is 12.1. The number of methoxy groups -OCH3 is 1. The molecule has 0 spiro atoms. The summed E-state index contributed by atoms with van der Waals surface area (Å²) >= 11 is 6.12. The molecule has 0 aliphatic carbocycles. The molecule has 0 saturated heterocycles. The van der Waals surface area contributed by atoms with Crippen LogP contribution in [0.25, 0.3) is 21.9 Å². The summed E-state index contributed by atoms with van der Waals surface area (Å²) in [6.07, 6.45) is 0. The molecule has 0 unspecified atom stereocenters. The van der Waals surface area contributed by atoms with Crippen LogP contribution in [0, 0.1) is 6.92 Å². The van der Waals surface area contributed by atoms with Gasteiger partial charge in [0.05, 0.1) is 22.9 Å². The normalized spacial score (nSPS) is 11.1. The van der Waals surface area contributed by atoms with Crippen molar-refractivity contribution in [2.24, 2.45) is 0 Å². The number of fused-ring (bicyclic) bond motifs is 2. The molecule has 0 fully saturated rings. The smallest absolute Gasteiger partial charge is 0.202 e. The van der Waals surface area contributed by atoms with Gasteiger partial charge in [0.15, 0.2) is 0 Å². The lowest BCUT2D eigenvalue weighted by molar-refractivity contribution is 0.415. The zero-order chi connectivity index (χ0) is 13.6. The first-order valence-electron chi connectivity index (χ1n) is 5.81. The Balaban J connectivity index is 2.57. The van der Waals surface area contributed by atoms with Gasteiger partial charge in [0.25, 0.3) is 0 Å². The van der Waals surface area contributed by atoms with E-state index in [4.69, 9.17) is 20.8 Å². The Bertz CT molecular complexity index is 849. The minimum Gasteiger partial charge on any atom is -0.497 e. The summed E-state index contributed by atoms with van der Waals surface area (Å²) in [6.45, 7) is 1.89. The second-order valence-corrected chi connectivity index (χ2v) is 4.77. The minimum atomic E-state index is -0.135. The van der Waals surface area contributed by atoms with Gasteiger partial charge in [-0.3, -0.25) is 4.79 Å². The molecule has 2 aromatic carbocycles. The Hall–Kier alpha value is -2.00. The Morgan fingerprint density at radius 3 is 2.74 bits per heavy atom. The first-order valence-corrected chi connectivity index (χ1v) is 6.19. The Morgan fingerprint density at radius 1 is 1.21 bits per heavy atom. The Morgan fingerprint density at radius 2 is 2.00 bits per heavy atom. The molecule has 19 heavy (non-hydrogen) atoms. The van der Waals surface area contributed by atoms with E-state index in [2.05, 4.69) is 0 Å². The summed E-state index contributed by atoms with van der Waals surface area (Å²) < 4.78 is 10.9. The third-order valence-electron chi connectivity index (χ3n) is 3.17. The molecule has 0 radical (unpaired) electrons. The maximum atomic E-state index is 12.5. The van der Waals surface area contributed by atoms with E-state index in [0.29, 0.717) is 32.7 Å². The van der Waals surface area contributed by atoms with Crippen molar-refractivity contribution in [1.82, 2.24) is 0 Å². The molecule has 0 bridgehead atoms. The monoisotopic (exact) mass is 274 g/mol. The van der Waals surface area contributed by atoms with Crippen molar-refractivity contribution in [3.63, 3.8) is 0 Å².